The number of carboxylic acids is 2. The van der Waals surface area contributed by atoms with Gasteiger partial charge in [0, 0.05) is 31.5 Å². The molecule has 0 saturated carbocycles. The molecule has 0 radical (unpaired) electrons. The number of pyridine rings is 2. The first-order chi connectivity index (χ1) is 20.7. The van der Waals surface area contributed by atoms with Gasteiger partial charge in [-0.2, -0.15) is 5.26 Å². The smallest absolute Gasteiger partial charge is 0.414 e. The van der Waals surface area contributed by atoms with Crippen molar-refractivity contribution < 1.29 is 43.5 Å². The predicted molar refractivity (Wildman–Crippen MR) is 150 cm³/mol. The van der Waals surface area contributed by atoms with Crippen molar-refractivity contribution in [3.05, 3.63) is 36.3 Å². The Hall–Kier alpha value is -4.85. The molecule has 3 aromatic heterocycles. The zero-order valence-electron chi connectivity index (χ0n) is 23.8. The van der Waals surface area contributed by atoms with Gasteiger partial charge < -0.3 is 34.5 Å². The molecule has 230 valence electrons. The number of aromatic nitrogens is 4. The summed E-state index contributed by atoms with van der Waals surface area (Å²) in [6.07, 6.45) is 4.90. The predicted octanol–water partition coefficient (Wildman–Crippen LogP) is 0.934. The number of anilines is 1. The lowest BCUT2D eigenvalue weighted by Crippen LogP contribution is -2.28. The summed E-state index contributed by atoms with van der Waals surface area (Å²) in [6.45, 7) is 2.71. The number of ether oxygens (including phenoxy) is 4. The summed E-state index contributed by atoms with van der Waals surface area (Å²) in [4.78, 5) is 45.2. The van der Waals surface area contributed by atoms with Gasteiger partial charge in [0.15, 0.2) is 17.2 Å². The second-order valence-corrected chi connectivity index (χ2v) is 9.37. The maximum absolute atomic E-state index is 11.6. The van der Waals surface area contributed by atoms with Crippen LogP contribution >= 0.6 is 0 Å². The molecule has 43 heavy (non-hydrogen) atoms. The molecule has 1 aliphatic rings. The molecule has 4 heterocycles. The SMILES string of the molecule is CN(C)CC(=O)OCCOCCOc1cc2ncn(-c3ccc(C#N)cn3)c2nc1NC1CCOCC1.O=C(O)C(=O)O. The van der Waals surface area contributed by atoms with Crippen molar-refractivity contribution in [3.63, 3.8) is 0 Å². The second-order valence-electron chi connectivity index (χ2n) is 9.37. The standard InChI is InChI=1S/C25H31N7O5.C2H2O4/c1-31(2)16-23(33)37-12-10-35-9-11-36-21-13-20-25(30-24(21)29-19-5-7-34-8-6-19)32(17-28-20)22-4-3-18(14-26)15-27-22;3-1(4)2(5)6/h3-4,13,15,17,19H,5-12,16H2,1-2H3,(H,29,30);(H,3,4)(H,5,6). The second kappa shape index (κ2) is 16.6. The van der Waals surface area contributed by atoms with Crippen LogP contribution in [0.5, 0.6) is 5.75 Å². The van der Waals surface area contributed by atoms with Gasteiger partial charge in [0.2, 0.25) is 0 Å². The third-order valence-electron chi connectivity index (χ3n) is 5.78. The van der Waals surface area contributed by atoms with Crippen LogP contribution in [0.15, 0.2) is 30.7 Å². The third kappa shape index (κ3) is 10.5. The highest BCUT2D eigenvalue weighted by molar-refractivity contribution is 6.27. The normalized spacial score (nSPS) is 13.1. The van der Waals surface area contributed by atoms with Gasteiger partial charge >= 0.3 is 17.9 Å². The van der Waals surface area contributed by atoms with Gasteiger partial charge in [-0.05, 0) is 39.1 Å². The number of hydrogen-bond acceptors (Lipinski definition) is 13. The minimum Gasteiger partial charge on any atom is -0.487 e. The summed E-state index contributed by atoms with van der Waals surface area (Å²) in [5.41, 5.74) is 1.75. The highest BCUT2D eigenvalue weighted by atomic mass is 16.6. The van der Waals surface area contributed by atoms with E-state index in [4.69, 9.17) is 49.0 Å². The highest BCUT2D eigenvalue weighted by Crippen LogP contribution is 2.29. The molecule has 1 saturated heterocycles. The van der Waals surface area contributed by atoms with E-state index in [9.17, 15) is 4.79 Å². The first-order valence-electron chi connectivity index (χ1n) is 13.2. The number of carbonyl (C=O) groups is 3. The minimum absolute atomic E-state index is 0.192. The summed E-state index contributed by atoms with van der Waals surface area (Å²) >= 11 is 0. The maximum atomic E-state index is 11.6. The van der Waals surface area contributed by atoms with Crippen LogP contribution in [0.25, 0.3) is 17.0 Å². The fraction of sp³-hybridized carbons (Fsp3) is 0.444. The summed E-state index contributed by atoms with van der Waals surface area (Å²) in [6, 6.07) is 7.58. The number of nitrogens with zero attached hydrogens (tertiary/aromatic N) is 6. The van der Waals surface area contributed by atoms with Crippen molar-refractivity contribution in [1.82, 2.24) is 24.4 Å². The number of hydrogen-bond donors (Lipinski definition) is 3. The number of carboxylic acid groups (broad SMARTS) is 2. The number of nitrogens with one attached hydrogen (secondary N) is 1. The molecule has 4 rings (SSSR count). The average Bonchev–Trinajstić information content (AvgIpc) is 3.39. The molecule has 1 fully saturated rings. The van der Waals surface area contributed by atoms with E-state index in [1.54, 1.807) is 42.0 Å². The Morgan fingerprint density at radius 2 is 1.84 bits per heavy atom. The van der Waals surface area contributed by atoms with E-state index in [2.05, 4.69) is 21.4 Å². The fourth-order valence-electron chi connectivity index (χ4n) is 3.76. The van der Waals surface area contributed by atoms with Crippen LogP contribution in [0.2, 0.25) is 0 Å². The number of rotatable bonds is 12. The molecule has 0 atom stereocenters. The average molecular weight is 600 g/mol. The first kappa shape index (κ1) is 32.7. The van der Waals surface area contributed by atoms with Gasteiger partial charge in [-0.1, -0.05) is 0 Å². The maximum Gasteiger partial charge on any atom is 0.414 e. The molecule has 0 unspecified atom stereocenters. The Morgan fingerprint density at radius 1 is 1.12 bits per heavy atom. The molecule has 0 aromatic carbocycles. The Morgan fingerprint density at radius 3 is 2.47 bits per heavy atom. The number of likely N-dealkylation sites (N-methyl/N-ethyl adjacent to an activating group) is 1. The van der Waals surface area contributed by atoms with Crippen LogP contribution in [0.3, 0.4) is 0 Å². The Labute approximate surface area is 246 Å². The van der Waals surface area contributed by atoms with Crippen LogP contribution in [0.1, 0.15) is 18.4 Å². The molecule has 16 heteroatoms. The van der Waals surface area contributed by atoms with E-state index < -0.39 is 11.9 Å². The van der Waals surface area contributed by atoms with Crippen molar-refractivity contribution >= 4 is 34.9 Å². The zero-order chi connectivity index (χ0) is 31.2. The van der Waals surface area contributed by atoms with Crippen molar-refractivity contribution in [2.75, 3.05) is 65.6 Å². The van der Waals surface area contributed by atoms with Crippen molar-refractivity contribution in [1.29, 1.82) is 5.26 Å². The van der Waals surface area contributed by atoms with Crippen LogP contribution in [-0.4, -0.2) is 119 Å². The molecule has 0 bridgehead atoms. The van der Waals surface area contributed by atoms with Crippen molar-refractivity contribution in [3.8, 4) is 17.6 Å². The lowest BCUT2D eigenvalue weighted by atomic mass is 10.1. The van der Waals surface area contributed by atoms with Gasteiger partial charge in [0.05, 0.1) is 25.3 Å². The van der Waals surface area contributed by atoms with Crippen LogP contribution in [-0.2, 0) is 28.6 Å². The van der Waals surface area contributed by atoms with Crippen molar-refractivity contribution in [2.24, 2.45) is 0 Å². The number of imidazole rings is 1. The largest absolute Gasteiger partial charge is 0.487 e. The van der Waals surface area contributed by atoms with E-state index in [1.807, 2.05) is 6.07 Å². The van der Waals surface area contributed by atoms with E-state index in [0.29, 0.717) is 60.5 Å². The molecule has 16 nitrogen and oxygen atoms in total. The van der Waals surface area contributed by atoms with Crippen LogP contribution in [0.4, 0.5) is 5.82 Å². The van der Waals surface area contributed by atoms with Gasteiger partial charge in [0.1, 0.15) is 36.9 Å². The number of esters is 1. The molecule has 3 aromatic rings. The topological polar surface area (TPSA) is 211 Å². The molecule has 0 spiro atoms. The van der Waals surface area contributed by atoms with Gasteiger partial charge in [-0.15, -0.1) is 0 Å². The lowest BCUT2D eigenvalue weighted by Gasteiger charge is -2.24. The van der Waals surface area contributed by atoms with E-state index in [0.717, 1.165) is 12.8 Å². The summed E-state index contributed by atoms with van der Waals surface area (Å²) in [5.74, 6) is -2.15. The Balaban J connectivity index is 0.000000765. The zero-order valence-corrected chi connectivity index (χ0v) is 23.8. The Bertz CT molecular complexity index is 1400. The summed E-state index contributed by atoms with van der Waals surface area (Å²) in [7, 11) is 3.61. The quantitative estimate of drug-likeness (QED) is 0.150. The van der Waals surface area contributed by atoms with E-state index in [1.165, 1.54) is 6.20 Å². The summed E-state index contributed by atoms with van der Waals surface area (Å²) < 4.78 is 23.9. The van der Waals surface area contributed by atoms with Crippen LogP contribution in [0, 0.1) is 11.3 Å². The molecular weight excluding hydrogens is 566 g/mol. The summed E-state index contributed by atoms with van der Waals surface area (Å²) in [5, 5.41) is 27.3. The number of aliphatic carboxylic acids is 2. The van der Waals surface area contributed by atoms with Crippen molar-refractivity contribution in [2.45, 2.75) is 18.9 Å². The molecule has 3 N–H and O–H groups in total. The third-order valence-corrected chi connectivity index (χ3v) is 5.78. The van der Waals surface area contributed by atoms with Gasteiger partial charge in [-0.3, -0.25) is 14.3 Å². The molecule has 0 aliphatic carbocycles. The van der Waals surface area contributed by atoms with E-state index >= 15 is 0 Å². The number of carbonyl (C=O) groups excluding carboxylic acids is 1. The number of nitriles is 1. The van der Waals surface area contributed by atoms with Gasteiger partial charge in [0.25, 0.3) is 0 Å². The fourth-order valence-corrected chi connectivity index (χ4v) is 3.76. The molecular formula is C27H33N7O9. The van der Waals surface area contributed by atoms with E-state index in [-0.39, 0.29) is 31.8 Å². The highest BCUT2D eigenvalue weighted by Gasteiger charge is 2.19. The van der Waals surface area contributed by atoms with Gasteiger partial charge in [-0.25, -0.2) is 24.5 Å². The molecule has 0 amide bonds. The Kier molecular flexibility index (Phi) is 12.6. The molecule has 1 aliphatic heterocycles. The lowest BCUT2D eigenvalue weighted by molar-refractivity contribution is -0.159. The first-order valence-corrected chi connectivity index (χ1v) is 13.2. The number of fused-ring (bicyclic) bond motifs is 1. The minimum atomic E-state index is -1.82. The van der Waals surface area contributed by atoms with Crippen LogP contribution < -0.4 is 10.1 Å². The monoisotopic (exact) mass is 599 g/mol.